The van der Waals surface area contributed by atoms with Crippen molar-refractivity contribution < 1.29 is 0 Å². The predicted molar refractivity (Wildman–Crippen MR) is 73.6 cm³/mol. The molecule has 92 valence electrons. The van der Waals surface area contributed by atoms with E-state index in [9.17, 15) is 0 Å². The van der Waals surface area contributed by atoms with Gasteiger partial charge in [0.2, 0.25) is 0 Å². The summed E-state index contributed by atoms with van der Waals surface area (Å²) in [6.45, 7) is 4.42. The normalized spacial score (nSPS) is 11.2. The first-order valence-electron chi connectivity index (χ1n) is 6.35. The minimum atomic E-state index is 0.448. The van der Waals surface area contributed by atoms with Gasteiger partial charge in [-0.3, -0.25) is 0 Å². The molecule has 0 saturated carbocycles. The molecular formula is C14H19ClN2. The molecule has 2 rings (SSSR count). The SMILES string of the molecule is CCCCc1c(CC)ccc2[nH]c(CCl)nc12. The maximum Gasteiger partial charge on any atom is 0.122 e. The second-order valence-corrected chi connectivity index (χ2v) is 4.64. The van der Waals surface area contributed by atoms with Crippen LogP contribution in [0.2, 0.25) is 0 Å². The molecule has 0 aliphatic heterocycles. The number of hydrogen-bond acceptors (Lipinski definition) is 1. The molecule has 3 heteroatoms. The molecule has 0 radical (unpaired) electrons. The third kappa shape index (κ3) is 2.47. The van der Waals surface area contributed by atoms with Gasteiger partial charge in [-0.1, -0.05) is 26.3 Å². The van der Waals surface area contributed by atoms with Crippen LogP contribution in [0.15, 0.2) is 12.1 Å². The number of imidazole rings is 1. The van der Waals surface area contributed by atoms with Crippen molar-refractivity contribution in [1.29, 1.82) is 0 Å². The van der Waals surface area contributed by atoms with E-state index in [1.807, 2.05) is 0 Å². The van der Waals surface area contributed by atoms with Gasteiger partial charge in [0.05, 0.1) is 16.9 Å². The number of nitrogens with one attached hydrogen (secondary N) is 1. The molecule has 0 unspecified atom stereocenters. The van der Waals surface area contributed by atoms with Gasteiger partial charge in [-0.2, -0.15) is 0 Å². The topological polar surface area (TPSA) is 28.7 Å². The Hall–Kier alpha value is -1.02. The van der Waals surface area contributed by atoms with Crippen molar-refractivity contribution in [3.05, 3.63) is 29.1 Å². The van der Waals surface area contributed by atoms with E-state index in [4.69, 9.17) is 11.6 Å². The smallest absolute Gasteiger partial charge is 0.122 e. The van der Waals surface area contributed by atoms with Gasteiger partial charge in [0.1, 0.15) is 5.82 Å². The van der Waals surface area contributed by atoms with Crippen molar-refractivity contribution in [3.63, 3.8) is 0 Å². The maximum atomic E-state index is 5.83. The van der Waals surface area contributed by atoms with Crippen LogP contribution in [-0.2, 0) is 18.7 Å². The number of unbranched alkanes of at least 4 members (excludes halogenated alkanes) is 1. The molecule has 0 saturated heterocycles. The maximum absolute atomic E-state index is 5.83. The molecule has 0 atom stereocenters. The highest BCUT2D eigenvalue weighted by Crippen LogP contribution is 2.23. The van der Waals surface area contributed by atoms with Gasteiger partial charge in [0, 0.05) is 0 Å². The Morgan fingerprint density at radius 1 is 1.29 bits per heavy atom. The number of aromatic nitrogens is 2. The molecule has 0 bridgehead atoms. The predicted octanol–water partition coefficient (Wildman–Crippen LogP) is 4.21. The van der Waals surface area contributed by atoms with Crippen molar-refractivity contribution in [2.24, 2.45) is 0 Å². The summed E-state index contributed by atoms with van der Waals surface area (Å²) >= 11 is 5.83. The van der Waals surface area contributed by atoms with Crippen LogP contribution in [0.25, 0.3) is 11.0 Å². The third-order valence-corrected chi connectivity index (χ3v) is 3.45. The summed E-state index contributed by atoms with van der Waals surface area (Å²) in [5, 5.41) is 0. The van der Waals surface area contributed by atoms with Crippen LogP contribution < -0.4 is 0 Å². The summed E-state index contributed by atoms with van der Waals surface area (Å²) < 4.78 is 0. The van der Waals surface area contributed by atoms with Crippen LogP contribution >= 0.6 is 11.6 Å². The summed E-state index contributed by atoms with van der Waals surface area (Å²) in [5.41, 5.74) is 5.05. The van der Waals surface area contributed by atoms with E-state index in [0.29, 0.717) is 5.88 Å². The first-order chi connectivity index (χ1) is 8.30. The second-order valence-electron chi connectivity index (χ2n) is 4.37. The summed E-state index contributed by atoms with van der Waals surface area (Å²) in [7, 11) is 0. The lowest BCUT2D eigenvalue weighted by atomic mass is 9.99. The number of aryl methyl sites for hydroxylation is 2. The molecule has 2 nitrogen and oxygen atoms in total. The van der Waals surface area contributed by atoms with E-state index in [1.165, 1.54) is 24.0 Å². The van der Waals surface area contributed by atoms with Crippen molar-refractivity contribution in [3.8, 4) is 0 Å². The number of nitrogens with zero attached hydrogens (tertiary/aromatic N) is 1. The monoisotopic (exact) mass is 250 g/mol. The van der Waals surface area contributed by atoms with Gasteiger partial charge in [-0.05, 0) is 36.5 Å². The molecule has 0 aliphatic carbocycles. The Morgan fingerprint density at radius 3 is 2.76 bits per heavy atom. The Bertz CT molecular complexity index is 502. The lowest BCUT2D eigenvalue weighted by Crippen LogP contribution is -1.95. The number of aromatic amines is 1. The molecule has 0 spiro atoms. The Balaban J connectivity index is 2.51. The van der Waals surface area contributed by atoms with Crippen LogP contribution in [0.3, 0.4) is 0 Å². The molecule has 17 heavy (non-hydrogen) atoms. The quantitative estimate of drug-likeness (QED) is 0.792. The number of fused-ring (bicyclic) bond motifs is 1. The van der Waals surface area contributed by atoms with E-state index in [0.717, 1.165) is 29.7 Å². The fraction of sp³-hybridized carbons (Fsp3) is 0.500. The number of rotatable bonds is 5. The van der Waals surface area contributed by atoms with Crippen LogP contribution in [0.4, 0.5) is 0 Å². The number of benzene rings is 1. The van der Waals surface area contributed by atoms with E-state index < -0.39 is 0 Å². The van der Waals surface area contributed by atoms with Gasteiger partial charge in [-0.25, -0.2) is 4.98 Å². The van der Waals surface area contributed by atoms with Crippen molar-refractivity contribution in [1.82, 2.24) is 9.97 Å². The first kappa shape index (κ1) is 12.4. The molecule has 1 aromatic heterocycles. The summed E-state index contributed by atoms with van der Waals surface area (Å²) in [6.07, 6.45) is 4.61. The molecule has 1 N–H and O–H groups in total. The van der Waals surface area contributed by atoms with Crippen molar-refractivity contribution in [2.75, 3.05) is 0 Å². The summed E-state index contributed by atoms with van der Waals surface area (Å²) in [4.78, 5) is 7.88. The van der Waals surface area contributed by atoms with Crippen molar-refractivity contribution >= 4 is 22.6 Å². The standard InChI is InChI=1S/C14H19ClN2/c1-3-5-6-11-10(4-2)7-8-12-14(11)17-13(9-15)16-12/h7-8H,3-6,9H2,1-2H3,(H,16,17). The molecule has 0 amide bonds. The van der Waals surface area contributed by atoms with Gasteiger partial charge in [0.25, 0.3) is 0 Å². The van der Waals surface area contributed by atoms with Gasteiger partial charge in [0.15, 0.2) is 0 Å². The zero-order valence-electron chi connectivity index (χ0n) is 10.5. The zero-order valence-corrected chi connectivity index (χ0v) is 11.3. The molecule has 0 fully saturated rings. The number of hydrogen-bond donors (Lipinski definition) is 1. The fourth-order valence-electron chi connectivity index (χ4n) is 2.25. The van der Waals surface area contributed by atoms with Crippen LogP contribution in [-0.4, -0.2) is 9.97 Å². The largest absolute Gasteiger partial charge is 0.341 e. The van der Waals surface area contributed by atoms with E-state index >= 15 is 0 Å². The number of alkyl halides is 1. The van der Waals surface area contributed by atoms with E-state index in [2.05, 4.69) is 35.9 Å². The molecule has 1 heterocycles. The average molecular weight is 251 g/mol. The van der Waals surface area contributed by atoms with Crippen LogP contribution in [0.1, 0.15) is 43.6 Å². The first-order valence-corrected chi connectivity index (χ1v) is 6.88. The highest BCUT2D eigenvalue weighted by atomic mass is 35.5. The van der Waals surface area contributed by atoms with E-state index in [-0.39, 0.29) is 0 Å². The lowest BCUT2D eigenvalue weighted by Gasteiger charge is -2.07. The number of H-pyrrole nitrogens is 1. The second kappa shape index (κ2) is 5.54. The van der Waals surface area contributed by atoms with Gasteiger partial charge in [-0.15, -0.1) is 11.6 Å². The average Bonchev–Trinajstić information content (AvgIpc) is 2.78. The fourth-order valence-corrected chi connectivity index (χ4v) is 2.38. The molecular weight excluding hydrogens is 232 g/mol. The zero-order chi connectivity index (χ0) is 12.3. The summed E-state index contributed by atoms with van der Waals surface area (Å²) in [6, 6.07) is 4.33. The molecule has 2 aromatic rings. The van der Waals surface area contributed by atoms with Crippen molar-refractivity contribution in [2.45, 2.75) is 45.4 Å². The lowest BCUT2D eigenvalue weighted by molar-refractivity contribution is 0.790. The van der Waals surface area contributed by atoms with Gasteiger partial charge >= 0.3 is 0 Å². The minimum absolute atomic E-state index is 0.448. The van der Waals surface area contributed by atoms with Gasteiger partial charge < -0.3 is 4.98 Å². The highest BCUT2D eigenvalue weighted by Gasteiger charge is 2.10. The molecule has 0 aliphatic rings. The van der Waals surface area contributed by atoms with E-state index in [1.54, 1.807) is 0 Å². The summed E-state index contributed by atoms with van der Waals surface area (Å²) in [5.74, 6) is 1.32. The Kier molecular flexibility index (Phi) is 4.06. The number of halogens is 1. The molecule has 1 aromatic carbocycles. The van der Waals surface area contributed by atoms with Crippen LogP contribution in [0, 0.1) is 0 Å². The Morgan fingerprint density at radius 2 is 2.12 bits per heavy atom. The third-order valence-electron chi connectivity index (χ3n) is 3.19. The Labute approximate surface area is 107 Å². The van der Waals surface area contributed by atoms with Crippen LogP contribution in [0.5, 0.6) is 0 Å². The minimum Gasteiger partial charge on any atom is -0.341 e. The highest BCUT2D eigenvalue weighted by molar-refractivity contribution is 6.16.